The summed E-state index contributed by atoms with van der Waals surface area (Å²) < 4.78 is 11.5. The normalized spacial score (nSPS) is 16.5. The van der Waals surface area contributed by atoms with E-state index in [1.54, 1.807) is 47.6 Å². The molecule has 6 heteroatoms. The van der Waals surface area contributed by atoms with Crippen LogP contribution in [0, 0.1) is 0 Å². The lowest BCUT2D eigenvalue weighted by molar-refractivity contribution is -0.895. The maximum atomic E-state index is 13.2. The van der Waals surface area contributed by atoms with E-state index in [1.165, 1.54) is 4.90 Å². The number of hydrogen-bond donors (Lipinski definition) is 1. The molecule has 27 heavy (non-hydrogen) atoms. The lowest BCUT2D eigenvalue weighted by Gasteiger charge is -2.25. The summed E-state index contributed by atoms with van der Waals surface area (Å²) in [6, 6.07) is 10.1. The van der Waals surface area contributed by atoms with Gasteiger partial charge in [0.1, 0.15) is 17.4 Å². The van der Waals surface area contributed by atoms with Crippen molar-refractivity contribution in [3.05, 3.63) is 70.0 Å². The number of quaternary nitrogens is 1. The Bertz CT molecular complexity index is 1020. The molecule has 6 nitrogen and oxygen atoms in total. The fourth-order valence-corrected chi connectivity index (χ4v) is 3.82. The third kappa shape index (κ3) is 2.86. The molecule has 4 rings (SSSR count). The molecule has 3 heterocycles. The molecule has 1 N–H and O–H groups in total. The van der Waals surface area contributed by atoms with Gasteiger partial charge in [-0.3, -0.25) is 9.59 Å². The zero-order valence-electron chi connectivity index (χ0n) is 15.5. The van der Waals surface area contributed by atoms with Crippen molar-refractivity contribution in [3.8, 4) is 0 Å². The number of nitrogens with one attached hydrogen (secondary N) is 1. The Morgan fingerprint density at radius 3 is 2.56 bits per heavy atom. The van der Waals surface area contributed by atoms with E-state index in [1.807, 2.05) is 0 Å². The summed E-state index contributed by atoms with van der Waals surface area (Å²) in [5.41, 5.74) is 0.645. The zero-order chi connectivity index (χ0) is 19.0. The Morgan fingerprint density at radius 2 is 1.85 bits per heavy atom. The molecule has 2 aromatic heterocycles. The first-order valence-corrected chi connectivity index (χ1v) is 9.39. The smallest absolute Gasteiger partial charge is 0.291 e. The van der Waals surface area contributed by atoms with Crippen LogP contribution < -0.4 is 10.3 Å². The van der Waals surface area contributed by atoms with Crippen molar-refractivity contribution in [2.75, 3.05) is 26.2 Å². The Kier molecular flexibility index (Phi) is 4.58. The van der Waals surface area contributed by atoms with Crippen molar-refractivity contribution in [1.29, 1.82) is 0 Å². The third-order valence-electron chi connectivity index (χ3n) is 5.39. The first-order valence-electron chi connectivity index (χ1n) is 9.39. The largest absolute Gasteiger partial charge is 0.467 e. The molecule has 1 aliphatic rings. The van der Waals surface area contributed by atoms with Crippen LogP contribution in [0.5, 0.6) is 0 Å². The van der Waals surface area contributed by atoms with Crippen LogP contribution in [-0.2, 0) is 0 Å². The van der Waals surface area contributed by atoms with Gasteiger partial charge in [0.05, 0.1) is 43.4 Å². The van der Waals surface area contributed by atoms with Gasteiger partial charge < -0.3 is 18.6 Å². The van der Waals surface area contributed by atoms with E-state index in [4.69, 9.17) is 8.83 Å². The third-order valence-corrected chi connectivity index (χ3v) is 5.39. The Hall–Kier alpha value is -2.86. The van der Waals surface area contributed by atoms with Gasteiger partial charge in [-0.05, 0) is 38.1 Å². The topological polar surface area (TPSA) is 68.1 Å². The van der Waals surface area contributed by atoms with Gasteiger partial charge >= 0.3 is 0 Å². The number of carbonyl (C=O) groups is 1. The first-order chi connectivity index (χ1) is 13.2. The van der Waals surface area contributed by atoms with Crippen molar-refractivity contribution in [2.24, 2.45) is 0 Å². The summed E-state index contributed by atoms with van der Waals surface area (Å²) in [6.45, 7) is 7.55. The number of hydrogen-bond acceptors (Lipinski definition) is 4. The molecule has 0 fully saturated rings. The standard InChI is InChI=1S/C21H22N2O4/c1-3-22(4-2)11-12-23-18(16-10-7-13-26-16)17-19(24)14-8-5-6-9-15(14)27-20(17)21(23)25/h5-10,13,18H,3-4,11-12H2,1-2H3/p+1/t18-/m1/s1. The molecule has 0 spiro atoms. The fraction of sp³-hybridized carbons (Fsp3) is 0.333. The number of fused-ring (bicyclic) bond motifs is 2. The summed E-state index contributed by atoms with van der Waals surface area (Å²) in [5.74, 6) is 0.467. The average Bonchev–Trinajstić information content (AvgIpc) is 3.30. The molecule has 1 aromatic carbocycles. The van der Waals surface area contributed by atoms with Gasteiger partial charge in [0.2, 0.25) is 5.76 Å². The van der Waals surface area contributed by atoms with Crippen LogP contribution in [0.3, 0.4) is 0 Å². The number of furan rings is 1. The molecule has 1 amide bonds. The van der Waals surface area contributed by atoms with E-state index in [2.05, 4.69) is 13.8 Å². The number of likely N-dealkylation sites (N-methyl/N-ethyl adjacent to an activating group) is 1. The van der Waals surface area contributed by atoms with Gasteiger partial charge in [0.25, 0.3) is 5.91 Å². The minimum atomic E-state index is -0.543. The molecule has 0 unspecified atom stereocenters. The van der Waals surface area contributed by atoms with Gasteiger partial charge in [0, 0.05) is 0 Å². The predicted molar refractivity (Wildman–Crippen MR) is 101 cm³/mol. The van der Waals surface area contributed by atoms with E-state index >= 15 is 0 Å². The molecular weight excluding hydrogens is 344 g/mol. The number of carbonyl (C=O) groups excluding carboxylic acids is 1. The summed E-state index contributed by atoms with van der Waals surface area (Å²) in [7, 11) is 0. The summed E-state index contributed by atoms with van der Waals surface area (Å²) in [6.07, 6.45) is 1.56. The van der Waals surface area contributed by atoms with Gasteiger partial charge in [-0.25, -0.2) is 0 Å². The second-order valence-electron chi connectivity index (χ2n) is 6.79. The number of benzene rings is 1. The summed E-state index contributed by atoms with van der Waals surface area (Å²) in [5, 5.41) is 0.483. The number of nitrogens with zero attached hydrogens (tertiary/aromatic N) is 1. The second-order valence-corrected chi connectivity index (χ2v) is 6.79. The molecule has 1 aliphatic heterocycles. The fourth-order valence-electron chi connectivity index (χ4n) is 3.82. The van der Waals surface area contributed by atoms with Crippen molar-refractivity contribution in [2.45, 2.75) is 19.9 Å². The number of amides is 1. The van der Waals surface area contributed by atoms with Gasteiger partial charge in [-0.15, -0.1) is 0 Å². The van der Waals surface area contributed by atoms with Gasteiger partial charge in [-0.1, -0.05) is 12.1 Å². The Morgan fingerprint density at radius 1 is 1.07 bits per heavy atom. The van der Waals surface area contributed by atoms with Crippen LogP contribution in [0.2, 0.25) is 0 Å². The predicted octanol–water partition coefficient (Wildman–Crippen LogP) is 1.86. The number of rotatable bonds is 6. The number of para-hydroxylation sites is 1. The highest BCUT2D eigenvalue weighted by molar-refractivity contribution is 5.98. The first kappa shape index (κ1) is 17.5. The van der Waals surface area contributed by atoms with E-state index in [0.717, 1.165) is 19.6 Å². The quantitative estimate of drug-likeness (QED) is 0.722. The highest BCUT2D eigenvalue weighted by Gasteiger charge is 2.44. The molecular formula is C21H23N2O4+. The molecule has 3 aromatic rings. The highest BCUT2D eigenvalue weighted by Crippen LogP contribution is 2.37. The van der Waals surface area contributed by atoms with Crippen LogP contribution in [0.1, 0.15) is 41.8 Å². The highest BCUT2D eigenvalue weighted by atomic mass is 16.4. The molecule has 140 valence electrons. The molecule has 0 aliphatic carbocycles. The van der Waals surface area contributed by atoms with Crippen LogP contribution in [-0.4, -0.2) is 37.0 Å². The molecule has 0 bridgehead atoms. The van der Waals surface area contributed by atoms with Gasteiger partial charge in [0.15, 0.2) is 5.43 Å². The Balaban J connectivity index is 1.83. The maximum Gasteiger partial charge on any atom is 0.291 e. The summed E-state index contributed by atoms with van der Waals surface area (Å²) in [4.78, 5) is 29.4. The van der Waals surface area contributed by atoms with Crippen molar-refractivity contribution < 1.29 is 18.5 Å². The maximum absolute atomic E-state index is 13.2. The molecule has 0 radical (unpaired) electrons. The van der Waals surface area contributed by atoms with Crippen LogP contribution in [0.15, 0.2) is 56.3 Å². The van der Waals surface area contributed by atoms with Crippen molar-refractivity contribution >= 4 is 16.9 Å². The van der Waals surface area contributed by atoms with E-state index in [-0.39, 0.29) is 17.1 Å². The van der Waals surface area contributed by atoms with Gasteiger partial charge in [-0.2, -0.15) is 0 Å². The SMILES string of the molecule is CC[NH+](CC)CCN1C(=O)c2oc3ccccc3c(=O)c2[C@H]1c1ccco1. The van der Waals surface area contributed by atoms with E-state index in [9.17, 15) is 9.59 Å². The lowest BCUT2D eigenvalue weighted by atomic mass is 10.0. The molecule has 0 saturated carbocycles. The molecule has 0 saturated heterocycles. The van der Waals surface area contributed by atoms with E-state index < -0.39 is 6.04 Å². The average molecular weight is 367 g/mol. The van der Waals surface area contributed by atoms with Crippen molar-refractivity contribution in [3.63, 3.8) is 0 Å². The Labute approximate surface area is 157 Å². The monoisotopic (exact) mass is 367 g/mol. The minimum Gasteiger partial charge on any atom is -0.467 e. The summed E-state index contributed by atoms with van der Waals surface area (Å²) >= 11 is 0. The molecule has 1 atom stereocenters. The second kappa shape index (κ2) is 7.04. The van der Waals surface area contributed by atoms with E-state index in [0.29, 0.717) is 28.8 Å². The minimum absolute atomic E-state index is 0.134. The lowest BCUT2D eigenvalue weighted by Crippen LogP contribution is -3.12. The van der Waals surface area contributed by atoms with Crippen LogP contribution in [0.4, 0.5) is 0 Å². The zero-order valence-corrected chi connectivity index (χ0v) is 15.5. The van der Waals surface area contributed by atoms with Crippen LogP contribution >= 0.6 is 0 Å². The van der Waals surface area contributed by atoms with Crippen LogP contribution in [0.25, 0.3) is 11.0 Å². The van der Waals surface area contributed by atoms with Crippen molar-refractivity contribution in [1.82, 2.24) is 4.90 Å².